The van der Waals surface area contributed by atoms with Crippen LogP contribution >= 0.6 is 11.8 Å². The van der Waals surface area contributed by atoms with Gasteiger partial charge in [-0.1, -0.05) is 6.92 Å². The summed E-state index contributed by atoms with van der Waals surface area (Å²) in [5, 5.41) is 15.9. The van der Waals surface area contributed by atoms with E-state index in [-0.39, 0.29) is 0 Å². The molecule has 0 rings (SSSR count). The van der Waals surface area contributed by atoms with Crippen LogP contribution in [0.2, 0.25) is 0 Å². The van der Waals surface area contributed by atoms with Gasteiger partial charge in [-0.25, -0.2) is 0 Å². The number of hydrogen-bond acceptors (Lipinski definition) is 4. The van der Waals surface area contributed by atoms with Gasteiger partial charge in [-0.3, -0.25) is 9.59 Å². The number of rotatable bonds is 5. The lowest BCUT2D eigenvalue weighted by atomic mass is 10.2. The van der Waals surface area contributed by atoms with Crippen LogP contribution in [0, 0.1) is 0 Å². The van der Waals surface area contributed by atoms with Crippen molar-refractivity contribution in [1.82, 2.24) is 0 Å². The van der Waals surface area contributed by atoms with Gasteiger partial charge in [-0.2, -0.15) is 0 Å². The molecule has 6 heteroatoms. The lowest BCUT2D eigenvalue weighted by Crippen LogP contribution is -2.44. The van der Waals surface area contributed by atoms with Gasteiger partial charge in [0.2, 0.25) is 0 Å². The molecule has 0 amide bonds. The van der Waals surface area contributed by atoms with Crippen LogP contribution in [0.25, 0.3) is 0 Å². The molecule has 0 heterocycles. The van der Waals surface area contributed by atoms with Crippen molar-refractivity contribution in [1.29, 1.82) is 0 Å². The highest BCUT2D eigenvalue weighted by molar-refractivity contribution is 8.00. The Hall–Kier alpha value is -0.750. The zero-order chi connectivity index (χ0) is 9.72. The fourth-order valence-electron chi connectivity index (χ4n) is 0.638. The summed E-state index contributed by atoms with van der Waals surface area (Å²) in [4.78, 5) is 20.8. The highest BCUT2D eigenvalue weighted by Gasteiger charge is 2.30. The Morgan fingerprint density at radius 3 is 2.17 bits per heavy atom. The third-order valence-electron chi connectivity index (χ3n) is 1.20. The number of carboxylic acids is 2. The molecule has 0 bridgehead atoms. The van der Waals surface area contributed by atoms with Crippen LogP contribution in [0.4, 0.5) is 0 Å². The van der Waals surface area contributed by atoms with Gasteiger partial charge in [0.25, 0.3) is 0 Å². The summed E-state index contributed by atoms with van der Waals surface area (Å²) in [5.41, 5.74) is 5.15. The van der Waals surface area contributed by atoms with E-state index >= 15 is 0 Å². The van der Waals surface area contributed by atoms with Crippen molar-refractivity contribution in [2.45, 2.75) is 18.2 Å². The molecular formula is C6H11NO4S. The van der Waals surface area contributed by atoms with Crippen molar-refractivity contribution in [3.8, 4) is 0 Å². The van der Waals surface area contributed by atoms with Gasteiger partial charge in [0.05, 0.1) is 0 Å². The van der Waals surface area contributed by atoms with Crippen LogP contribution in [0.15, 0.2) is 0 Å². The Balaban J connectivity index is 4.28. The number of hydrogen-bond donors (Lipinski definition) is 3. The largest absolute Gasteiger partial charge is 0.480 e. The van der Waals surface area contributed by atoms with Gasteiger partial charge < -0.3 is 15.9 Å². The van der Waals surface area contributed by atoms with E-state index in [1.165, 1.54) is 0 Å². The minimum Gasteiger partial charge on any atom is -0.480 e. The molecule has 5 nitrogen and oxygen atoms in total. The van der Waals surface area contributed by atoms with E-state index in [2.05, 4.69) is 0 Å². The van der Waals surface area contributed by atoms with Gasteiger partial charge in [0, 0.05) is 0 Å². The smallest absolute Gasteiger partial charge is 0.322 e. The Bertz CT molecular complexity index is 184. The van der Waals surface area contributed by atoms with Crippen LogP contribution in [0.5, 0.6) is 0 Å². The van der Waals surface area contributed by atoms with E-state index in [0.717, 1.165) is 11.8 Å². The second kappa shape index (κ2) is 5.00. The quantitative estimate of drug-likeness (QED) is 0.549. The third kappa shape index (κ3) is 3.10. The molecule has 0 aliphatic heterocycles. The highest BCUT2D eigenvalue weighted by Crippen LogP contribution is 2.13. The number of nitrogens with two attached hydrogens (primary N) is 1. The first-order chi connectivity index (χ1) is 5.50. The lowest BCUT2D eigenvalue weighted by molar-refractivity contribution is -0.144. The van der Waals surface area contributed by atoms with Crippen LogP contribution < -0.4 is 5.73 Å². The average Bonchev–Trinajstić information content (AvgIpc) is 1.98. The number of thioether (sulfide) groups is 1. The number of carbonyl (C=O) groups is 2. The molecule has 0 saturated carbocycles. The Morgan fingerprint density at radius 1 is 1.42 bits per heavy atom. The minimum atomic E-state index is -1.34. The monoisotopic (exact) mass is 193 g/mol. The van der Waals surface area contributed by atoms with E-state index in [0.29, 0.717) is 5.75 Å². The normalized spacial score (nSPS) is 15.2. The fourth-order valence-corrected chi connectivity index (χ4v) is 1.46. The van der Waals surface area contributed by atoms with Crippen LogP contribution in [0.1, 0.15) is 6.92 Å². The summed E-state index contributed by atoms with van der Waals surface area (Å²) in [6.45, 7) is 1.75. The predicted molar refractivity (Wildman–Crippen MR) is 45.2 cm³/mol. The Kier molecular flexibility index (Phi) is 4.68. The van der Waals surface area contributed by atoms with Gasteiger partial charge in [-0.15, -0.1) is 11.8 Å². The molecule has 0 aliphatic rings. The average molecular weight is 193 g/mol. The predicted octanol–water partition coefficient (Wildman–Crippen LogP) is -0.395. The summed E-state index contributed by atoms with van der Waals surface area (Å²) >= 11 is 1.02. The van der Waals surface area contributed by atoms with Crippen molar-refractivity contribution >= 4 is 23.7 Å². The lowest BCUT2D eigenvalue weighted by Gasteiger charge is -2.14. The maximum Gasteiger partial charge on any atom is 0.322 e. The third-order valence-corrected chi connectivity index (χ3v) is 2.39. The molecule has 0 radical (unpaired) electrons. The Labute approximate surface area is 73.9 Å². The summed E-state index contributed by atoms with van der Waals surface area (Å²) < 4.78 is 0. The molecule has 0 aliphatic carbocycles. The second-order valence-electron chi connectivity index (χ2n) is 2.08. The molecule has 0 aromatic heterocycles. The number of aliphatic carboxylic acids is 2. The highest BCUT2D eigenvalue weighted by atomic mass is 32.2. The molecule has 0 aromatic carbocycles. The van der Waals surface area contributed by atoms with Crippen molar-refractivity contribution in [2.24, 2.45) is 5.73 Å². The van der Waals surface area contributed by atoms with E-state index in [1.807, 2.05) is 0 Å². The van der Waals surface area contributed by atoms with Gasteiger partial charge >= 0.3 is 11.9 Å². The minimum absolute atomic E-state index is 0.526. The maximum atomic E-state index is 10.5. The SMILES string of the molecule is CCSC(C(=O)O)C(N)C(=O)O. The first-order valence-electron chi connectivity index (χ1n) is 3.33. The van der Waals surface area contributed by atoms with Gasteiger partial charge in [-0.05, 0) is 5.75 Å². The van der Waals surface area contributed by atoms with Gasteiger partial charge in [0.15, 0.2) is 0 Å². The Morgan fingerprint density at radius 2 is 1.92 bits per heavy atom. The number of carboxylic acid groups (broad SMARTS) is 2. The molecule has 70 valence electrons. The first kappa shape index (κ1) is 11.2. The van der Waals surface area contributed by atoms with Gasteiger partial charge in [0.1, 0.15) is 11.3 Å². The van der Waals surface area contributed by atoms with Crippen LogP contribution in [-0.4, -0.2) is 39.2 Å². The maximum absolute atomic E-state index is 10.5. The summed E-state index contributed by atoms with van der Waals surface area (Å²) in [7, 11) is 0. The van der Waals surface area contributed by atoms with Crippen molar-refractivity contribution < 1.29 is 19.8 Å². The van der Waals surface area contributed by atoms with E-state index in [4.69, 9.17) is 15.9 Å². The fraction of sp³-hybridized carbons (Fsp3) is 0.667. The molecule has 0 spiro atoms. The zero-order valence-electron chi connectivity index (χ0n) is 6.56. The van der Waals surface area contributed by atoms with Crippen molar-refractivity contribution in [2.75, 3.05) is 5.75 Å². The van der Waals surface area contributed by atoms with Crippen molar-refractivity contribution in [3.63, 3.8) is 0 Å². The summed E-state index contributed by atoms with van der Waals surface area (Å²) in [6.07, 6.45) is 0. The first-order valence-corrected chi connectivity index (χ1v) is 4.38. The zero-order valence-corrected chi connectivity index (χ0v) is 7.37. The second-order valence-corrected chi connectivity index (χ2v) is 3.50. The molecule has 0 aromatic rings. The summed E-state index contributed by atoms with van der Waals surface area (Å²) in [5.74, 6) is -1.95. The molecule has 2 atom stereocenters. The molecular weight excluding hydrogens is 182 g/mol. The molecule has 0 saturated heterocycles. The van der Waals surface area contributed by atoms with Crippen molar-refractivity contribution in [3.05, 3.63) is 0 Å². The molecule has 0 fully saturated rings. The standard InChI is InChI=1S/C6H11NO4S/c1-2-12-4(6(10)11)3(7)5(8)9/h3-4H,2,7H2,1H3,(H,8,9)(H,10,11). The van der Waals surface area contributed by atoms with Crippen LogP contribution in [-0.2, 0) is 9.59 Å². The summed E-state index contributed by atoms with van der Waals surface area (Å²) in [6, 6.07) is -1.34. The van der Waals surface area contributed by atoms with E-state index in [1.54, 1.807) is 6.92 Å². The van der Waals surface area contributed by atoms with E-state index in [9.17, 15) is 9.59 Å². The molecule has 4 N–H and O–H groups in total. The molecule has 12 heavy (non-hydrogen) atoms. The van der Waals surface area contributed by atoms with E-state index < -0.39 is 23.2 Å². The van der Waals surface area contributed by atoms with Crippen LogP contribution in [0.3, 0.4) is 0 Å². The molecule has 2 unspecified atom stereocenters. The topological polar surface area (TPSA) is 101 Å².